The highest BCUT2D eigenvalue weighted by Crippen LogP contribution is 2.10. The Morgan fingerprint density at radius 3 is 2.33 bits per heavy atom. The van der Waals surface area contributed by atoms with Crippen LogP contribution in [0, 0.1) is 0 Å². The zero-order chi connectivity index (χ0) is 15.8. The Kier molecular flexibility index (Phi) is 6.39. The predicted octanol–water partition coefficient (Wildman–Crippen LogP) is 2.02. The number of anilines is 1. The monoisotopic (exact) mass is 292 g/mol. The SMILES string of the molecule is CC(=O)Nc1ccc(C(=O)NC(C)CCCC(=O)O)cc1. The maximum atomic E-state index is 12.0. The Labute approximate surface area is 123 Å². The number of carbonyl (C=O) groups excluding carboxylic acids is 2. The van der Waals surface area contributed by atoms with Gasteiger partial charge in [-0.15, -0.1) is 0 Å². The normalized spacial score (nSPS) is 11.5. The molecule has 0 heterocycles. The van der Waals surface area contributed by atoms with Gasteiger partial charge in [0.05, 0.1) is 0 Å². The molecule has 2 amide bonds. The Morgan fingerprint density at radius 1 is 1.19 bits per heavy atom. The van der Waals surface area contributed by atoms with Crippen LogP contribution in [0.5, 0.6) is 0 Å². The fourth-order valence-corrected chi connectivity index (χ4v) is 1.85. The van der Waals surface area contributed by atoms with Gasteiger partial charge in [0, 0.05) is 30.6 Å². The van der Waals surface area contributed by atoms with Crippen LogP contribution in [0.1, 0.15) is 43.5 Å². The first-order chi connectivity index (χ1) is 9.88. The quantitative estimate of drug-likeness (QED) is 0.716. The molecule has 1 aromatic carbocycles. The molecule has 0 fully saturated rings. The van der Waals surface area contributed by atoms with E-state index in [9.17, 15) is 14.4 Å². The number of carbonyl (C=O) groups is 3. The van der Waals surface area contributed by atoms with Crippen molar-refractivity contribution < 1.29 is 19.5 Å². The molecule has 0 spiro atoms. The molecule has 0 bridgehead atoms. The second-order valence-electron chi connectivity index (χ2n) is 4.92. The van der Waals surface area contributed by atoms with Crippen molar-refractivity contribution in [1.82, 2.24) is 5.32 Å². The maximum Gasteiger partial charge on any atom is 0.303 e. The largest absolute Gasteiger partial charge is 0.481 e. The molecule has 0 aliphatic heterocycles. The van der Waals surface area contributed by atoms with E-state index in [1.165, 1.54) is 6.92 Å². The second kappa shape index (κ2) is 8.04. The molecule has 3 N–H and O–H groups in total. The summed E-state index contributed by atoms with van der Waals surface area (Å²) in [7, 11) is 0. The van der Waals surface area contributed by atoms with Gasteiger partial charge in [0.25, 0.3) is 5.91 Å². The van der Waals surface area contributed by atoms with Crippen molar-refractivity contribution in [3.05, 3.63) is 29.8 Å². The van der Waals surface area contributed by atoms with Gasteiger partial charge in [-0.05, 0) is 44.0 Å². The first-order valence-corrected chi connectivity index (χ1v) is 6.79. The third-order valence-electron chi connectivity index (χ3n) is 2.87. The summed E-state index contributed by atoms with van der Waals surface area (Å²) in [6.07, 6.45) is 1.24. The summed E-state index contributed by atoms with van der Waals surface area (Å²) in [6, 6.07) is 6.48. The summed E-state index contributed by atoms with van der Waals surface area (Å²) in [6.45, 7) is 3.25. The van der Waals surface area contributed by atoms with Crippen molar-refractivity contribution in [1.29, 1.82) is 0 Å². The number of benzene rings is 1. The van der Waals surface area contributed by atoms with Gasteiger partial charge in [-0.25, -0.2) is 0 Å². The lowest BCUT2D eigenvalue weighted by atomic mass is 10.1. The topological polar surface area (TPSA) is 95.5 Å². The van der Waals surface area contributed by atoms with E-state index < -0.39 is 5.97 Å². The third-order valence-corrected chi connectivity index (χ3v) is 2.87. The molecule has 6 heteroatoms. The van der Waals surface area contributed by atoms with Crippen molar-refractivity contribution in [2.75, 3.05) is 5.32 Å². The van der Waals surface area contributed by atoms with Crippen LogP contribution in [0.2, 0.25) is 0 Å². The minimum Gasteiger partial charge on any atom is -0.481 e. The lowest BCUT2D eigenvalue weighted by Gasteiger charge is -2.13. The molecule has 21 heavy (non-hydrogen) atoms. The molecule has 0 radical (unpaired) electrons. The zero-order valence-electron chi connectivity index (χ0n) is 12.2. The van der Waals surface area contributed by atoms with Crippen LogP contribution in [-0.4, -0.2) is 28.9 Å². The highest BCUT2D eigenvalue weighted by atomic mass is 16.4. The first kappa shape index (κ1) is 16.7. The van der Waals surface area contributed by atoms with E-state index in [0.29, 0.717) is 24.1 Å². The average Bonchev–Trinajstić information content (AvgIpc) is 2.38. The molecule has 0 saturated carbocycles. The summed E-state index contributed by atoms with van der Waals surface area (Å²) in [4.78, 5) is 33.3. The average molecular weight is 292 g/mol. The molecule has 0 aliphatic carbocycles. The van der Waals surface area contributed by atoms with Gasteiger partial charge < -0.3 is 15.7 Å². The van der Waals surface area contributed by atoms with E-state index in [0.717, 1.165) is 0 Å². The van der Waals surface area contributed by atoms with Crippen molar-refractivity contribution in [2.24, 2.45) is 0 Å². The fourth-order valence-electron chi connectivity index (χ4n) is 1.85. The Bertz CT molecular complexity index is 511. The van der Waals surface area contributed by atoms with Gasteiger partial charge >= 0.3 is 5.97 Å². The standard InChI is InChI=1S/C15H20N2O4/c1-10(4-3-5-14(19)20)16-15(21)12-6-8-13(9-7-12)17-11(2)18/h6-10H,3-5H2,1-2H3,(H,16,21)(H,17,18)(H,19,20). The second-order valence-corrected chi connectivity index (χ2v) is 4.92. The van der Waals surface area contributed by atoms with Gasteiger partial charge in [-0.2, -0.15) is 0 Å². The molecule has 1 aromatic rings. The zero-order valence-corrected chi connectivity index (χ0v) is 12.2. The molecule has 6 nitrogen and oxygen atoms in total. The number of hydrogen-bond donors (Lipinski definition) is 3. The van der Waals surface area contributed by atoms with E-state index >= 15 is 0 Å². The smallest absolute Gasteiger partial charge is 0.303 e. The number of amides is 2. The number of carboxylic acid groups (broad SMARTS) is 1. The fraction of sp³-hybridized carbons (Fsp3) is 0.400. The van der Waals surface area contributed by atoms with E-state index in [1.54, 1.807) is 24.3 Å². The summed E-state index contributed by atoms with van der Waals surface area (Å²) >= 11 is 0. The molecular formula is C15H20N2O4. The van der Waals surface area contributed by atoms with Crippen LogP contribution in [0.4, 0.5) is 5.69 Å². The highest BCUT2D eigenvalue weighted by molar-refractivity contribution is 5.95. The lowest BCUT2D eigenvalue weighted by Crippen LogP contribution is -2.32. The molecule has 0 aliphatic rings. The Hall–Kier alpha value is -2.37. The molecule has 1 rings (SSSR count). The van der Waals surface area contributed by atoms with Crippen molar-refractivity contribution >= 4 is 23.5 Å². The van der Waals surface area contributed by atoms with Gasteiger partial charge in [0.1, 0.15) is 0 Å². The number of carboxylic acids is 1. The number of rotatable bonds is 7. The van der Waals surface area contributed by atoms with Crippen LogP contribution in [0.25, 0.3) is 0 Å². The van der Waals surface area contributed by atoms with E-state index in [-0.39, 0.29) is 24.3 Å². The van der Waals surface area contributed by atoms with E-state index in [2.05, 4.69) is 10.6 Å². The lowest BCUT2D eigenvalue weighted by molar-refractivity contribution is -0.137. The van der Waals surface area contributed by atoms with Gasteiger partial charge in [-0.3, -0.25) is 14.4 Å². The maximum absolute atomic E-state index is 12.0. The van der Waals surface area contributed by atoms with E-state index in [4.69, 9.17) is 5.11 Å². The number of nitrogens with one attached hydrogen (secondary N) is 2. The molecular weight excluding hydrogens is 272 g/mol. The van der Waals surface area contributed by atoms with Crippen LogP contribution in [0.15, 0.2) is 24.3 Å². The van der Waals surface area contributed by atoms with Gasteiger partial charge in [-0.1, -0.05) is 0 Å². The predicted molar refractivity (Wildman–Crippen MR) is 79.2 cm³/mol. The molecule has 114 valence electrons. The van der Waals surface area contributed by atoms with Gasteiger partial charge in [0.2, 0.25) is 5.91 Å². The van der Waals surface area contributed by atoms with Crippen molar-refractivity contribution in [3.63, 3.8) is 0 Å². The minimum atomic E-state index is -0.831. The Morgan fingerprint density at radius 2 is 1.81 bits per heavy atom. The minimum absolute atomic E-state index is 0.0909. The van der Waals surface area contributed by atoms with Crippen LogP contribution in [0.3, 0.4) is 0 Å². The molecule has 0 saturated heterocycles. The summed E-state index contributed by atoms with van der Waals surface area (Å²) in [5.74, 6) is -1.21. The van der Waals surface area contributed by atoms with Crippen LogP contribution in [-0.2, 0) is 9.59 Å². The Balaban J connectivity index is 2.47. The van der Waals surface area contributed by atoms with Crippen molar-refractivity contribution in [2.45, 2.75) is 39.2 Å². The number of hydrogen-bond acceptors (Lipinski definition) is 3. The van der Waals surface area contributed by atoms with Crippen LogP contribution < -0.4 is 10.6 Å². The molecule has 1 unspecified atom stereocenters. The van der Waals surface area contributed by atoms with Crippen molar-refractivity contribution in [3.8, 4) is 0 Å². The number of aliphatic carboxylic acids is 1. The first-order valence-electron chi connectivity index (χ1n) is 6.79. The van der Waals surface area contributed by atoms with Crippen LogP contribution >= 0.6 is 0 Å². The highest BCUT2D eigenvalue weighted by Gasteiger charge is 2.10. The summed E-state index contributed by atoms with van der Waals surface area (Å²) < 4.78 is 0. The van der Waals surface area contributed by atoms with Gasteiger partial charge in [0.15, 0.2) is 0 Å². The summed E-state index contributed by atoms with van der Waals surface area (Å²) in [5.41, 5.74) is 1.13. The third kappa shape index (κ3) is 6.56. The molecule has 0 aromatic heterocycles. The van der Waals surface area contributed by atoms with E-state index in [1.807, 2.05) is 6.92 Å². The summed E-state index contributed by atoms with van der Waals surface area (Å²) in [5, 5.41) is 14.0. The molecule has 1 atom stereocenters.